The van der Waals surface area contributed by atoms with Crippen LogP contribution in [-0.2, 0) is 6.61 Å². The van der Waals surface area contributed by atoms with Crippen LogP contribution >= 0.6 is 0 Å². The first-order valence-corrected chi connectivity index (χ1v) is 8.75. The lowest BCUT2D eigenvalue weighted by molar-refractivity contribution is 0.111. The van der Waals surface area contributed by atoms with Crippen molar-refractivity contribution in [2.45, 2.75) is 26.5 Å². The molecule has 0 amide bonds. The number of rotatable bonds is 7. The monoisotopic (exact) mass is 365 g/mol. The second-order valence-corrected chi connectivity index (χ2v) is 6.61. The number of nitrogens with zero attached hydrogens (tertiary/aromatic N) is 5. The summed E-state index contributed by atoms with van der Waals surface area (Å²) in [5.74, 6) is 1.07. The molecule has 0 aliphatic carbocycles. The lowest BCUT2D eigenvalue weighted by Crippen LogP contribution is -2.14. The van der Waals surface area contributed by atoms with E-state index in [1.165, 1.54) is 0 Å². The van der Waals surface area contributed by atoms with E-state index in [-0.39, 0.29) is 12.6 Å². The molecule has 3 heterocycles. The maximum Gasteiger partial charge on any atom is 0.157 e. The molecule has 0 saturated heterocycles. The smallest absolute Gasteiger partial charge is 0.157 e. The molecule has 7 heteroatoms. The summed E-state index contributed by atoms with van der Waals surface area (Å²) in [5, 5.41) is 4.39. The third-order valence-corrected chi connectivity index (χ3v) is 4.15. The van der Waals surface area contributed by atoms with Crippen LogP contribution < -0.4 is 9.64 Å². The first kappa shape index (κ1) is 18.6. The summed E-state index contributed by atoms with van der Waals surface area (Å²) in [6, 6.07) is 7.70. The fourth-order valence-electron chi connectivity index (χ4n) is 2.89. The second kappa shape index (κ2) is 7.99. The van der Waals surface area contributed by atoms with Crippen molar-refractivity contribution in [1.82, 2.24) is 19.7 Å². The molecule has 0 atom stereocenters. The lowest BCUT2D eigenvalue weighted by Gasteiger charge is -2.17. The van der Waals surface area contributed by atoms with E-state index in [0.717, 1.165) is 23.2 Å². The minimum atomic E-state index is 0.218. The Morgan fingerprint density at radius 2 is 1.96 bits per heavy atom. The Morgan fingerprint density at radius 1 is 1.15 bits per heavy atom. The second-order valence-electron chi connectivity index (χ2n) is 6.61. The van der Waals surface area contributed by atoms with Gasteiger partial charge in [0.05, 0.1) is 17.0 Å². The highest BCUT2D eigenvalue weighted by Crippen LogP contribution is 2.27. The number of aldehydes is 1. The predicted molar refractivity (Wildman–Crippen MR) is 104 cm³/mol. The maximum atomic E-state index is 11.6. The molecule has 0 bridgehead atoms. The van der Waals surface area contributed by atoms with Crippen LogP contribution in [0.3, 0.4) is 0 Å². The Kier molecular flexibility index (Phi) is 5.49. The van der Waals surface area contributed by atoms with Crippen molar-refractivity contribution in [3.8, 4) is 17.1 Å². The third-order valence-electron chi connectivity index (χ3n) is 4.15. The van der Waals surface area contributed by atoms with Crippen molar-refractivity contribution in [3.63, 3.8) is 0 Å². The van der Waals surface area contributed by atoms with Crippen molar-refractivity contribution in [1.29, 1.82) is 0 Å². The van der Waals surface area contributed by atoms with Gasteiger partial charge in [-0.2, -0.15) is 5.10 Å². The van der Waals surface area contributed by atoms with E-state index in [9.17, 15) is 4.79 Å². The highest BCUT2D eigenvalue weighted by atomic mass is 16.5. The molecule has 3 rings (SSSR count). The number of carbonyl (C=O) groups is 1. The summed E-state index contributed by atoms with van der Waals surface area (Å²) in [6.45, 7) is 4.43. The number of pyridine rings is 2. The fraction of sp³-hybridized carbons (Fsp3) is 0.300. The molecular formula is C20H23N5O2. The maximum absolute atomic E-state index is 11.6. The van der Waals surface area contributed by atoms with Crippen LogP contribution in [-0.4, -0.2) is 40.1 Å². The average Bonchev–Trinajstić information content (AvgIpc) is 3.16. The summed E-state index contributed by atoms with van der Waals surface area (Å²) < 4.78 is 7.91. The highest BCUT2D eigenvalue weighted by molar-refractivity contribution is 5.86. The molecule has 7 nitrogen and oxygen atoms in total. The van der Waals surface area contributed by atoms with Crippen molar-refractivity contribution < 1.29 is 9.53 Å². The van der Waals surface area contributed by atoms with Gasteiger partial charge in [0, 0.05) is 44.3 Å². The van der Waals surface area contributed by atoms with Gasteiger partial charge in [-0.25, -0.2) is 4.98 Å². The summed E-state index contributed by atoms with van der Waals surface area (Å²) in [7, 11) is 3.68. The summed E-state index contributed by atoms with van der Waals surface area (Å²) >= 11 is 0. The van der Waals surface area contributed by atoms with Crippen LogP contribution in [0.4, 0.5) is 5.82 Å². The Balaban J connectivity index is 1.92. The van der Waals surface area contributed by atoms with Gasteiger partial charge < -0.3 is 9.64 Å². The molecule has 27 heavy (non-hydrogen) atoms. The first-order valence-electron chi connectivity index (χ1n) is 8.75. The quantitative estimate of drug-likeness (QED) is 0.598. The summed E-state index contributed by atoms with van der Waals surface area (Å²) in [4.78, 5) is 22.1. The summed E-state index contributed by atoms with van der Waals surface area (Å²) in [5.41, 5.74) is 3.10. The molecule has 0 spiro atoms. The van der Waals surface area contributed by atoms with Gasteiger partial charge >= 0.3 is 0 Å². The minimum Gasteiger partial charge on any atom is -0.488 e. The van der Waals surface area contributed by atoms with Crippen LogP contribution in [0.2, 0.25) is 0 Å². The molecule has 0 saturated carbocycles. The Hall–Kier alpha value is -3.22. The van der Waals surface area contributed by atoms with Crippen molar-refractivity contribution in [2.75, 3.05) is 19.0 Å². The van der Waals surface area contributed by atoms with E-state index in [1.54, 1.807) is 29.6 Å². The van der Waals surface area contributed by atoms with Gasteiger partial charge in [0.15, 0.2) is 6.29 Å². The Bertz CT molecular complexity index is 934. The van der Waals surface area contributed by atoms with Gasteiger partial charge in [0.1, 0.15) is 18.2 Å². The van der Waals surface area contributed by atoms with Crippen molar-refractivity contribution in [2.24, 2.45) is 0 Å². The Labute approximate surface area is 158 Å². The standard InChI is InChI=1S/C20H23N5O2/c1-14(2)25-17(7-11-23-25)19-15(6-5-9-21-19)13-27-18-8-10-22-20(24(3)4)16(18)12-26/h5-12,14H,13H2,1-4H3. The molecular weight excluding hydrogens is 342 g/mol. The molecule has 0 fully saturated rings. The van der Waals surface area contributed by atoms with E-state index in [2.05, 4.69) is 28.9 Å². The zero-order valence-electron chi connectivity index (χ0n) is 16.0. The topological polar surface area (TPSA) is 73.1 Å². The van der Waals surface area contributed by atoms with E-state index >= 15 is 0 Å². The number of aromatic nitrogens is 4. The Morgan fingerprint density at radius 3 is 2.67 bits per heavy atom. The van der Waals surface area contributed by atoms with E-state index in [0.29, 0.717) is 17.1 Å². The number of hydrogen-bond donors (Lipinski definition) is 0. The molecule has 0 unspecified atom stereocenters. The van der Waals surface area contributed by atoms with Crippen LogP contribution in [0.1, 0.15) is 35.8 Å². The molecule has 0 aliphatic heterocycles. The largest absolute Gasteiger partial charge is 0.488 e. The van der Waals surface area contributed by atoms with Gasteiger partial charge in [-0.1, -0.05) is 6.07 Å². The van der Waals surface area contributed by atoms with Crippen LogP contribution in [0, 0.1) is 0 Å². The highest BCUT2D eigenvalue weighted by Gasteiger charge is 2.16. The molecule has 0 radical (unpaired) electrons. The van der Waals surface area contributed by atoms with Gasteiger partial charge in [0.25, 0.3) is 0 Å². The summed E-state index contributed by atoms with van der Waals surface area (Å²) in [6.07, 6.45) is 5.93. The number of ether oxygens (including phenoxy) is 1. The van der Waals surface area contributed by atoms with Gasteiger partial charge in [-0.15, -0.1) is 0 Å². The number of carbonyl (C=O) groups excluding carboxylic acids is 1. The average molecular weight is 365 g/mol. The molecule has 3 aromatic heterocycles. The number of anilines is 1. The predicted octanol–water partition coefficient (Wildman–Crippen LogP) is 3.38. The first-order chi connectivity index (χ1) is 13.0. The fourth-order valence-corrected chi connectivity index (χ4v) is 2.89. The van der Waals surface area contributed by atoms with E-state index in [4.69, 9.17) is 4.74 Å². The molecule has 3 aromatic rings. The normalized spacial score (nSPS) is 10.9. The molecule has 0 aromatic carbocycles. The molecule has 0 aliphatic rings. The lowest BCUT2D eigenvalue weighted by atomic mass is 10.1. The van der Waals surface area contributed by atoms with Crippen LogP contribution in [0.25, 0.3) is 11.4 Å². The van der Waals surface area contributed by atoms with E-state index < -0.39 is 0 Å². The third kappa shape index (κ3) is 3.81. The number of hydrogen-bond acceptors (Lipinski definition) is 6. The van der Waals surface area contributed by atoms with Crippen LogP contribution in [0.15, 0.2) is 42.9 Å². The van der Waals surface area contributed by atoms with Crippen molar-refractivity contribution in [3.05, 3.63) is 54.0 Å². The van der Waals surface area contributed by atoms with Gasteiger partial charge in [-0.3, -0.25) is 14.5 Å². The van der Waals surface area contributed by atoms with Gasteiger partial charge in [0.2, 0.25) is 0 Å². The van der Waals surface area contributed by atoms with Gasteiger partial charge in [-0.05, 0) is 32.0 Å². The van der Waals surface area contributed by atoms with Crippen LogP contribution in [0.5, 0.6) is 5.75 Å². The molecule has 140 valence electrons. The van der Waals surface area contributed by atoms with Crippen molar-refractivity contribution >= 4 is 12.1 Å². The minimum absolute atomic E-state index is 0.218. The SMILES string of the molecule is CC(C)n1nccc1-c1ncccc1COc1ccnc(N(C)C)c1C=O. The zero-order valence-corrected chi connectivity index (χ0v) is 16.0. The van der Waals surface area contributed by atoms with E-state index in [1.807, 2.05) is 37.0 Å². The zero-order chi connectivity index (χ0) is 19.4. The molecule has 0 N–H and O–H groups in total.